The summed E-state index contributed by atoms with van der Waals surface area (Å²) in [6, 6.07) is 0. The fourth-order valence-corrected chi connectivity index (χ4v) is 4.42. The van der Waals surface area contributed by atoms with Crippen molar-refractivity contribution in [3.05, 3.63) is 18.1 Å². The molecule has 2 aliphatic rings. The number of aliphatic hydroxyl groups is 1. The predicted molar refractivity (Wildman–Crippen MR) is 89.6 cm³/mol. The van der Waals surface area contributed by atoms with E-state index in [4.69, 9.17) is 5.73 Å². The van der Waals surface area contributed by atoms with E-state index < -0.39 is 0 Å². The summed E-state index contributed by atoms with van der Waals surface area (Å²) in [5.41, 5.74) is 8.72. The van der Waals surface area contributed by atoms with E-state index in [9.17, 15) is 5.11 Å². The molecule has 2 fully saturated rings. The van der Waals surface area contributed by atoms with Gasteiger partial charge in [-0.2, -0.15) is 0 Å². The number of aromatic nitrogens is 3. The van der Waals surface area contributed by atoms with Crippen molar-refractivity contribution in [2.24, 2.45) is 11.8 Å². The summed E-state index contributed by atoms with van der Waals surface area (Å²) in [6.07, 6.45) is 9.87. The van der Waals surface area contributed by atoms with Crippen LogP contribution in [0.15, 0.2) is 12.5 Å². The zero-order valence-electron chi connectivity index (χ0n) is 13.4. The molecule has 1 saturated heterocycles. The normalized spacial score (nSPS) is 27.0. The van der Waals surface area contributed by atoms with Crippen LogP contribution in [0.5, 0.6) is 0 Å². The van der Waals surface area contributed by atoms with Crippen LogP contribution in [-0.2, 0) is 6.54 Å². The number of hydrogen-bond donors (Lipinski definition) is 3. The number of β-amino-alcohol motifs (C(OH)–C–C–N with tert-alkyl or cyclic N) is 1. The maximum absolute atomic E-state index is 10.5. The van der Waals surface area contributed by atoms with Crippen LogP contribution in [0, 0.1) is 11.8 Å². The van der Waals surface area contributed by atoms with Crippen molar-refractivity contribution >= 4 is 16.9 Å². The average Bonchev–Trinajstić information content (AvgIpc) is 3.14. The quantitative estimate of drug-likeness (QED) is 0.805. The van der Waals surface area contributed by atoms with Gasteiger partial charge in [0.15, 0.2) is 5.82 Å². The first kappa shape index (κ1) is 14.9. The molecule has 1 saturated carbocycles. The van der Waals surface area contributed by atoms with Gasteiger partial charge in [0.25, 0.3) is 0 Å². The second kappa shape index (κ2) is 6.09. The molecular weight excluding hydrogens is 290 g/mol. The van der Waals surface area contributed by atoms with Gasteiger partial charge in [0.1, 0.15) is 11.8 Å². The van der Waals surface area contributed by atoms with E-state index in [-0.39, 0.29) is 6.10 Å². The van der Waals surface area contributed by atoms with Crippen LogP contribution in [0.1, 0.15) is 37.7 Å². The molecule has 1 aliphatic carbocycles. The highest BCUT2D eigenvalue weighted by molar-refractivity contribution is 5.86. The van der Waals surface area contributed by atoms with E-state index in [1.165, 1.54) is 38.4 Å². The van der Waals surface area contributed by atoms with E-state index in [1.54, 1.807) is 0 Å². The van der Waals surface area contributed by atoms with Crippen molar-refractivity contribution in [2.75, 3.05) is 18.8 Å². The number of aliphatic hydroxyl groups excluding tert-OH is 1. The number of rotatable bonds is 3. The monoisotopic (exact) mass is 315 g/mol. The fraction of sp³-hybridized carbons (Fsp3) is 0.647. The number of nitrogens with two attached hydrogens (primary N) is 1. The Morgan fingerprint density at radius 2 is 2.04 bits per heavy atom. The van der Waals surface area contributed by atoms with Gasteiger partial charge >= 0.3 is 0 Å². The minimum Gasteiger partial charge on any atom is -0.391 e. The zero-order chi connectivity index (χ0) is 15.8. The van der Waals surface area contributed by atoms with Gasteiger partial charge in [0.05, 0.1) is 11.6 Å². The van der Waals surface area contributed by atoms with E-state index in [0.29, 0.717) is 17.7 Å². The van der Waals surface area contributed by atoms with Crippen molar-refractivity contribution in [1.29, 1.82) is 0 Å². The van der Waals surface area contributed by atoms with E-state index in [1.807, 2.05) is 6.20 Å². The number of hydrogen-bond acceptors (Lipinski definition) is 5. The first-order valence-electron chi connectivity index (χ1n) is 8.69. The third-order valence-corrected chi connectivity index (χ3v) is 5.63. The van der Waals surface area contributed by atoms with Gasteiger partial charge in [-0.05, 0) is 5.92 Å². The predicted octanol–water partition coefficient (Wildman–Crippen LogP) is 1.91. The molecule has 0 unspecified atom stereocenters. The van der Waals surface area contributed by atoms with Crippen LogP contribution < -0.4 is 5.73 Å². The number of anilines is 1. The molecular formula is C17H25N5O. The Balaban J connectivity index is 1.47. The van der Waals surface area contributed by atoms with Gasteiger partial charge in [-0.15, -0.1) is 0 Å². The highest BCUT2D eigenvalue weighted by atomic mass is 16.3. The second-order valence-corrected chi connectivity index (χ2v) is 7.12. The number of nitrogens with zero attached hydrogens (tertiary/aromatic N) is 3. The van der Waals surface area contributed by atoms with Crippen LogP contribution in [0.3, 0.4) is 0 Å². The fourth-order valence-electron chi connectivity index (χ4n) is 4.42. The molecule has 0 aromatic carbocycles. The van der Waals surface area contributed by atoms with Crippen LogP contribution in [0.2, 0.25) is 0 Å². The standard InChI is InChI=1S/C17H25N5O/c18-17-16-15(20-10-21-17)12(6-19-16)7-22-8-13(14(23)9-22)11-4-2-1-3-5-11/h6,10-11,13-14,19,23H,1-5,7-9H2,(H2,18,20,21)/t13-,14+/m1/s1. The van der Waals surface area contributed by atoms with Crippen LogP contribution in [-0.4, -0.2) is 44.2 Å². The molecule has 2 atom stereocenters. The molecule has 3 heterocycles. The lowest BCUT2D eigenvalue weighted by molar-refractivity contribution is 0.0964. The van der Waals surface area contributed by atoms with E-state index >= 15 is 0 Å². The molecule has 0 spiro atoms. The van der Waals surface area contributed by atoms with Gasteiger partial charge in [-0.25, -0.2) is 9.97 Å². The number of nitrogens with one attached hydrogen (secondary N) is 1. The summed E-state index contributed by atoms with van der Waals surface area (Å²) in [4.78, 5) is 13.9. The van der Waals surface area contributed by atoms with Crippen molar-refractivity contribution in [3.8, 4) is 0 Å². The number of nitrogen functional groups attached to an aromatic ring is 1. The molecule has 2 aromatic heterocycles. The lowest BCUT2D eigenvalue weighted by Gasteiger charge is -2.29. The molecule has 6 heteroatoms. The second-order valence-electron chi connectivity index (χ2n) is 7.12. The maximum Gasteiger partial charge on any atom is 0.151 e. The molecule has 2 aromatic rings. The zero-order valence-corrected chi connectivity index (χ0v) is 13.4. The average molecular weight is 315 g/mol. The highest BCUT2D eigenvalue weighted by Gasteiger charge is 2.37. The third kappa shape index (κ3) is 2.81. The Hall–Kier alpha value is -1.66. The molecule has 0 radical (unpaired) electrons. The van der Waals surface area contributed by atoms with Gasteiger partial charge in [0, 0.05) is 37.3 Å². The summed E-state index contributed by atoms with van der Waals surface area (Å²) in [6.45, 7) is 2.55. The number of aromatic amines is 1. The van der Waals surface area contributed by atoms with E-state index in [0.717, 1.165) is 36.2 Å². The Morgan fingerprint density at radius 3 is 2.87 bits per heavy atom. The van der Waals surface area contributed by atoms with Crippen LogP contribution in [0.25, 0.3) is 11.0 Å². The van der Waals surface area contributed by atoms with Crippen molar-refractivity contribution in [2.45, 2.75) is 44.8 Å². The van der Waals surface area contributed by atoms with Crippen molar-refractivity contribution in [3.63, 3.8) is 0 Å². The Kier molecular flexibility index (Phi) is 3.95. The molecule has 23 heavy (non-hydrogen) atoms. The summed E-state index contributed by atoms with van der Waals surface area (Å²) in [7, 11) is 0. The first-order chi connectivity index (χ1) is 11.2. The molecule has 1 aliphatic heterocycles. The topological polar surface area (TPSA) is 91.1 Å². The number of fused-ring (bicyclic) bond motifs is 1. The van der Waals surface area contributed by atoms with Gasteiger partial charge in [-0.3, -0.25) is 4.90 Å². The third-order valence-electron chi connectivity index (χ3n) is 5.63. The molecule has 124 valence electrons. The smallest absolute Gasteiger partial charge is 0.151 e. The summed E-state index contributed by atoms with van der Waals surface area (Å²) in [5.74, 6) is 1.62. The number of H-pyrrole nitrogens is 1. The Labute approximate surface area is 136 Å². The SMILES string of the molecule is Nc1ncnc2c(CN3C[C@H](C4CCCCC4)[C@@H](O)C3)c[nH]c12. The lowest BCUT2D eigenvalue weighted by Crippen LogP contribution is -2.27. The highest BCUT2D eigenvalue weighted by Crippen LogP contribution is 2.36. The maximum atomic E-state index is 10.5. The van der Waals surface area contributed by atoms with Crippen LogP contribution in [0.4, 0.5) is 5.82 Å². The molecule has 0 amide bonds. The van der Waals surface area contributed by atoms with Gasteiger partial charge < -0.3 is 15.8 Å². The summed E-state index contributed by atoms with van der Waals surface area (Å²) in [5, 5.41) is 10.5. The first-order valence-corrected chi connectivity index (χ1v) is 8.69. The molecule has 0 bridgehead atoms. The minimum absolute atomic E-state index is 0.192. The number of likely N-dealkylation sites (tertiary alicyclic amines) is 1. The van der Waals surface area contributed by atoms with Crippen molar-refractivity contribution in [1.82, 2.24) is 19.9 Å². The molecule has 4 N–H and O–H groups in total. The summed E-state index contributed by atoms with van der Waals surface area (Å²) < 4.78 is 0. The Morgan fingerprint density at radius 1 is 1.22 bits per heavy atom. The summed E-state index contributed by atoms with van der Waals surface area (Å²) >= 11 is 0. The molecule has 6 nitrogen and oxygen atoms in total. The van der Waals surface area contributed by atoms with Crippen LogP contribution >= 0.6 is 0 Å². The van der Waals surface area contributed by atoms with Crippen molar-refractivity contribution < 1.29 is 5.11 Å². The lowest BCUT2D eigenvalue weighted by atomic mass is 9.79. The molecule has 4 rings (SSSR count). The minimum atomic E-state index is -0.192. The van der Waals surface area contributed by atoms with E-state index in [2.05, 4.69) is 19.9 Å². The van der Waals surface area contributed by atoms with Gasteiger partial charge in [-0.1, -0.05) is 32.1 Å². The van der Waals surface area contributed by atoms with Gasteiger partial charge in [0.2, 0.25) is 0 Å². The largest absolute Gasteiger partial charge is 0.391 e. The Bertz CT molecular complexity index is 679.